The minimum Gasteiger partial charge on any atom is -0.359 e. The maximum Gasteiger partial charge on any atom is 0.143 e. The van der Waals surface area contributed by atoms with Crippen LogP contribution in [0.15, 0.2) is 0 Å². The number of unbranched alkanes of at least 4 members (excludes halogenated alkanes) is 2. The monoisotopic (exact) mass is 440 g/mol. The molecule has 1 fully saturated rings. The van der Waals surface area contributed by atoms with Gasteiger partial charge in [-0.15, -0.1) is 0 Å². The topological polar surface area (TPSA) is 44.2 Å². The molecule has 0 bridgehead atoms. The molecule has 0 spiro atoms. The van der Waals surface area contributed by atoms with Crippen molar-refractivity contribution in [2.24, 2.45) is 17.8 Å². The number of carbonyl (C=O) groups is 1. The zero-order valence-corrected chi connectivity index (χ0v) is 20.2. The van der Waals surface area contributed by atoms with Gasteiger partial charge in [-0.1, -0.05) is 66.2 Å². The summed E-state index contributed by atoms with van der Waals surface area (Å²) in [7, 11) is 0. The molecule has 0 aromatic carbocycles. The molecule has 0 aliphatic heterocycles. The van der Waals surface area contributed by atoms with Crippen LogP contribution >= 0.6 is 0 Å². The normalized spacial score (nSPS) is 19.1. The van der Waals surface area contributed by atoms with Gasteiger partial charge in [0.15, 0.2) is 0 Å². The number of hydrogen-bond donors (Lipinski definition) is 1. The Hall–Kier alpha value is 0.0231. The average Bonchev–Trinajstić information content (AvgIpc) is 3.05. The molecule has 0 saturated heterocycles. The SMILES string of the molecule is CCCCC(CC)CN(CC(CC)CCCC)C(=N)C1CCCC1=O.[Zr]. The summed E-state index contributed by atoms with van der Waals surface area (Å²) < 4.78 is 0. The second-order valence-electron chi connectivity index (χ2n) is 8.03. The van der Waals surface area contributed by atoms with E-state index in [0.29, 0.717) is 29.9 Å². The van der Waals surface area contributed by atoms with Crippen molar-refractivity contribution in [3.63, 3.8) is 0 Å². The first-order valence-electron chi connectivity index (χ1n) is 10.9. The molecule has 1 rings (SSSR count). The quantitative estimate of drug-likeness (QED) is 0.279. The molecule has 0 aromatic heterocycles. The Bertz CT molecular complexity index is 382. The van der Waals surface area contributed by atoms with Gasteiger partial charge in [-0.05, 0) is 37.5 Å². The van der Waals surface area contributed by atoms with Crippen LogP contribution in [0.4, 0.5) is 0 Å². The maximum absolute atomic E-state index is 12.2. The van der Waals surface area contributed by atoms with Gasteiger partial charge in [0.1, 0.15) is 11.6 Å². The molecular weight excluding hydrogens is 399 g/mol. The van der Waals surface area contributed by atoms with Crippen molar-refractivity contribution in [2.45, 2.75) is 98.3 Å². The molecule has 3 atom stereocenters. The van der Waals surface area contributed by atoms with Crippen molar-refractivity contribution in [1.29, 1.82) is 5.41 Å². The summed E-state index contributed by atoms with van der Waals surface area (Å²) in [5, 5.41) is 8.77. The third-order valence-electron chi connectivity index (χ3n) is 6.02. The van der Waals surface area contributed by atoms with Crippen molar-refractivity contribution in [2.75, 3.05) is 13.1 Å². The molecule has 1 saturated carbocycles. The molecule has 1 aliphatic carbocycles. The van der Waals surface area contributed by atoms with E-state index in [1.54, 1.807) is 0 Å². The predicted molar refractivity (Wildman–Crippen MR) is 108 cm³/mol. The zero-order valence-electron chi connectivity index (χ0n) is 17.8. The third kappa shape index (κ3) is 8.81. The van der Waals surface area contributed by atoms with Gasteiger partial charge in [0, 0.05) is 45.7 Å². The number of nitrogens with zero attached hydrogens (tertiary/aromatic N) is 1. The zero-order chi connectivity index (χ0) is 18.7. The van der Waals surface area contributed by atoms with Crippen molar-refractivity contribution in [1.82, 2.24) is 4.90 Å². The van der Waals surface area contributed by atoms with Gasteiger partial charge in [-0.3, -0.25) is 10.2 Å². The minimum atomic E-state index is -0.118. The van der Waals surface area contributed by atoms with Crippen LogP contribution < -0.4 is 0 Å². The smallest absolute Gasteiger partial charge is 0.143 e. The molecule has 3 nitrogen and oxygen atoms in total. The van der Waals surface area contributed by atoms with Gasteiger partial charge in [0.2, 0.25) is 0 Å². The van der Waals surface area contributed by atoms with Crippen LogP contribution in [-0.4, -0.2) is 29.6 Å². The van der Waals surface area contributed by atoms with Crippen LogP contribution in [0.2, 0.25) is 0 Å². The van der Waals surface area contributed by atoms with Gasteiger partial charge in [0.05, 0.1) is 5.92 Å². The Morgan fingerprint density at radius 3 is 1.88 bits per heavy atom. The first kappa shape index (κ1) is 26.0. The molecule has 0 heterocycles. The maximum atomic E-state index is 12.2. The van der Waals surface area contributed by atoms with Crippen molar-refractivity contribution in [3.8, 4) is 0 Å². The van der Waals surface area contributed by atoms with Crippen LogP contribution in [0, 0.1) is 23.2 Å². The summed E-state index contributed by atoms with van der Waals surface area (Å²) >= 11 is 0. The van der Waals surface area contributed by atoms with Crippen LogP contribution in [0.25, 0.3) is 0 Å². The van der Waals surface area contributed by atoms with E-state index >= 15 is 0 Å². The van der Waals surface area contributed by atoms with E-state index in [1.807, 2.05) is 0 Å². The molecule has 26 heavy (non-hydrogen) atoms. The van der Waals surface area contributed by atoms with Crippen LogP contribution in [0.3, 0.4) is 0 Å². The fraction of sp³-hybridized carbons (Fsp3) is 0.909. The summed E-state index contributed by atoms with van der Waals surface area (Å²) in [6.07, 6.45) is 12.4. The number of carbonyl (C=O) groups excluding carboxylic acids is 1. The van der Waals surface area contributed by atoms with E-state index < -0.39 is 0 Å². The molecule has 0 amide bonds. The number of hydrogen-bond acceptors (Lipinski definition) is 2. The van der Waals surface area contributed by atoms with Gasteiger partial charge in [-0.25, -0.2) is 0 Å². The summed E-state index contributed by atoms with van der Waals surface area (Å²) in [5.41, 5.74) is 0. The van der Waals surface area contributed by atoms with Crippen molar-refractivity contribution >= 4 is 11.6 Å². The van der Waals surface area contributed by atoms with E-state index in [4.69, 9.17) is 5.41 Å². The summed E-state index contributed by atoms with van der Waals surface area (Å²) in [4.78, 5) is 14.5. The van der Waals surface area contributed by atoms with E-state index in [1.165, 1.54) is 51.4 Å². The number of ketones is 1. The van der Waals surface area contributed by atoms with Gasteiger partial charge in [-0.2, -0.15) is 0 Å². The fourth-order valence-electron chi connectivity index (χ4n) is 4.05. The summed E-state index contributed by atoms with van der Waals surface area (Å²) in [5.74, 6) is 2.12. The Morgan fingerprint density at radius 2 is 1.54 bits per heavy atom. The predicted octanol–water partition coefficient (Wildman–Crippen LogP) is 6.07. The van der Waals surface area contributed by atoms with Crippen molar-refractivity contribution in [3.05, 3.63) is 0 Å². The van der Waals surface area contributed by atoms with E-state index in [0.717, 1.165) is 25.9 Å². The third-order valence-corrected chi connectivity index (χ3v) is 6.02. The van der Waals surface area contributed by atoms with Crippen LogP contribution in [0.5, 0.6) is 0 Å². The number of nitrogens with one attached hydrogen (secondary N) is 1. The molecule has 1 N–H and O–H groups in total. The second kappa shape index (κ2) is 15.0. The van der Waals surface area contributed by atoms with Gasteiger partial charge >= 0.3 is 0 Å². The molecule has 150 valence electrons. The van der Waals surface area contributed by atoms with E-state index in [9.17, 15) is 4.79 Å². The largest absolute Gasteiger partial charge is 0.359 e. The molecule has 3 unspecified atom stereocenters. The Labute approximate surface area is 181 Å². The van der Waals surface area contributed by atoms with E-state index in [2.05, 4.69) is 32.6 Å². The molecular formula is C22H42N2OZr. The van der Waals surface area contributed by atoms with E-state index in [-0.39, 0.29) is 32.1 Å². The Morgan fingerprint density at radius 1 is 1.04 bits per heavy atom. The molecule has 0 aromatic rings. The number of amidine groups is 1. The summed E-state index contributed by atoms with van der Waals surface area (Å²) in [6.45, 7) is 11.0. The Kier molecular flexibility index (Phi) is 15.0. The first-order chi connectivity index (χ1) is 12.1. The summed E-state index contributed by atoms with van der Waals surface area (Å²) in [6, 6.07) is 0. The van der Waals surface area contributed by atoms with Gasteiger partial charge in [0.25, 0.3) is 0 Å². The molecule has 0 radical (unpaired) electrons. The van der Waals surface area contributed by atoms with Gasteiger partial charge < -0.3 is 4.90 Å². The minimum absolute atomic E-state index is 0. The molecule has 1 aliphatic rings. The number of rotatable bonds is 13. The second-order valence-corrected chi connectivity index (χ2v) is 8.03. The van der Waals surface area contributed by atoms with Crippen LogP contribution in [0.1, 0.15) is 98.3 Å². The average molecular weight is 442 g/mol. The first-order valence-corrected chi connectivity index (χ1v) is 10.9. The van der Waals surface area contributed by atoms with Crippen LogP contribution in [-0.2, 0) is 31.0 Å². The molecule has 4 heteroatoms. The standard InChI is InChI=1S/C22H42N2O.Zr/c1-5-9-12-18(7-3)16-24(17-19(8-4)13-10-6-2)22(23)20-14-11-15-21(20)25;/h18-20,23H,5-17H2,1-4H3;. The fourth-order valence-corrected chi connectivity index (χ4v) is 4.05. The Balaban J connectivity index is 0.00000625. The number of Topliss-reactive ketones (excluding diaryl/α,β-unsaturated/α-hetero) is 1. The van der Waals surface area contributed by atoms with Crippen molar-refractivity contribution < 1.29 is 31.0 Å².